The van der Waals surface area contributed by atoms with Gasteiger partial charge in [-0.3, -0.25) is 9.88 Å². The molecule has 2 N–H and O–H groups in total. The van der Waals surface area contributed by atoms with Gasteiger partial charge in [-0.2, -0.15) is 0 Å². The first-order valence-electron chi connectivity index (χ1n) is 6.59. The van der Waals surface area contributed by atoms with E-state index in [9.17, 15) is 0 Å². The Labute approximate surface area is 104 Å². The molecule has 3 unspecified atom stereocenters. The molecule has 0 saturated carbocycles. The number of hydrogen-bond donors (Lipinski definition) is 1. The summed E-state index contributed by atoms with van der Waals surface area (Å²) in [4.78, 5) is 6.97. The summed E-state index contributed by atoms with van der Waals surface area (Å²) in [5.41, 5.74) is 7.06. The Morgan fingerprint density at radius 1 is 1.47 bits per heavy atom. The van der Waals surface area contributed by atoms with E-state index in [0.717, 1.165) is 18.2 Å². The number of aromatic nitrogens is 1. The zero-order valence-electron chi connectivity index (χ0n) is 10.8. The lowest BCUT2D eigenvalue weighted by Gasteiger charge is -2.41. The largest absolute Gasteiger partial charge is 0.329 e. The van der Waals surface area contributed by atoms with Crippen molar-refractivity contribution in [3.8, 4) is 0 Å². The van der Waals surface area contributed by atoms with E-state index in [1.54, 1.807) is 0 Å². The van der Waals surface area contributed by atoms with E-state index in [0.29, 0.717) is 12.6 Å². The fourth-order valence-electron chi connectivity index (χ4n) is 2.89. The standard InChI is InChI=1S/C14H23N3/c1-11-6-8-17(12(2)9-11)14(10-15)13-5-3-4-7-16-13/h3-5,7,11-12,14H,6,8-10,15H2,1-2H3. The highest BCUT2D eigenvalue weighted by Crippen LogP contribution is 2.29. The highest BCUT2D eigenvalue weighted by atomic mass is 15.2. The van der Waals surface area contributed by atoms with Crippen molar-refractivity contribution >= 4 is 0 Å². The fourth-order valence-corrected chi connectivity index (χ4v) is 2.89. The number of pyridine rings is 1. The summed E-state index contributed by atoms with van der Waals surface area (Å²) in [6.07, 6.45) is 4.40. The molecule has 0 spiro atoms. The van der Waals surface area contributed by atoms with Crippen LogP contribution in [0, 0.1) is 5.92 Å². The Bertz CT molecular complexity index is 339. The van der Waals surface area contributed by atoms with Gasteiger partial charge < -0.3 is 5.73 Å². The Kier molecular flexibility index (Phi) is 4.13. The monoisotopic (exact) mass is 233 g/mol. The van der Waals surface area contributed by atoms with Crippen LogP contribution in [0.15, 0.2) is 24.4 Å². The lowest BCUT2D eigenvalue weighted by atomic mass is 9.91. The van der Waals surface area contributed by atoms with Gasteiger partial charge in [0.05, 0.1) is 11.7 Å². The second-order valence-corrected chi connectivity index (χ2v) is 5.22. The number of nitrogens with two attached hydrogens (primary N) is 1. The lowest BCUT2D eigenvalue weighted by molar-refractivity contribution is 0.0828. The van der Waals surface area contributed by atoms with Gasteiger partial charge in [0.25, 0.3) is 0 Å². The average Bonchev–Trinajstić information content (AvgIpc) is 2.34. The van der Waals surface area contributed by atoms with Gasteiger partial charge in [-0.05, 0) is 44.4 Å². The quantitative estimate of drug-likeness (QED) is 0.870. The summed E-state index contributed by atoms with van der Waals surface area (Å²) in [6.45, 7) is 6.43. The topological polar surface area (TPSA) is 42.1 Å². The smallest absolute Gasteiger partial charge is 0.0646 e. The Balaban J connectivity index is 2.13. The molecule has 1 fully saturated rings. The molecule has 0 amide bonds. The molecule has 0 aromatic carbocycles. The number of hydrogen-bond acceptors (Lipinski definition) is 3. The van der Waals surface area contributed by atoms with E-state index in [4.69, 9.17) is 5.73 Å². The van der Waals surface area contributed by atoms with Crippen LogP contribution in [0.5, 0.6) is 0 Å². The minimum atomic E-state index is 0.277. The van der Waals surface area contributed by atoms with E-state index in [1.807, 2.05) is 18.3 Å². The first-order chi connectivity index (χ1) is 8.22. The van der Waals surface area contributed by atoms with E-state index in [2.05, 4.69) is 29.8 Å². The summed E-state index contributed by atoms with van der Waals surface area (Å²) in [6, 6.07) is 6.97. The van der Waals surface area contributed by atoms with Gasteiger partial charge in [-0.25, -0.2) is 0 Å². The number of rotatable bonds is 3. The van der Waals surface area contributed by atoms with Crippen LogP contribution in [0.3, 0.4) is 0 Å². The summed E-state index contributed by atoms with van der Waals surface area (Å²) >= 11 is 0. The van der Waals surface area contributed by atoms with Crippen LogP contribution < -0.4 is 5.73 Å². The molecule has 17 heavy (non-hydrogen) atoms. The molecule has 1 aromatic rings. The Hall–Kier alpha value is -0.930. The summed E-state index contributed by atoms with van der Waals surface area (Å²) < 4.78 is 0. The molecule has 94 valence electrons. The fraction of sp³-hybridized carbons (Fsp3) is 0.643. The van der Waals surface area contributed by atoms with Gasteiger partial charge in [0, 0.05) is 18.8 Å². The number of likely N-dealkylation sites (tertiary alicyclic amines) is 1. The minimum absolute atomic E-state index is 0.277. The van der Waals surface area contributed by atoms with Crippen LogP contribution in [0.1, 0.15) is 38.4 Å². The van der Waals surface area contributed by atoms with Gasteiger partial charge in [-0.15, -0.1) is 0 Å². The van der Waals surface area contributed by atoms with Crippen molar-refractivity contribution in [3.63, 3.8) is 0 Å². The molecular formula is C14H23N3. The molecule has 0 bridgehead atoms. The van der Waals surface area contributed by atoms with Crippen LogP contribution >= 0.6 is 0 Å². The molecular weight excluding hydrogens is 210 g/mol. The maximum absolute atomic E-state index is 5.95. The normalized spacial score (nSPS) is 27.9. The highest BCUT2D eigenvalue weighted by molar-refractivity contribution is 5.10. The van der Waals surface area contributed by atoms with Crippen molar-refractivity contribution in [1.82, 2.24) is 9.88 Å². The van der Waals surface area contributed by atoms with Crippen LogP contribution in [0.25, 0.3) is 0 Å². The van der Waals surface area contributed by atoms with Crippen molar-refractivity contribution in [2.24, 2.45) is 11.7 Å². The lowest BCUT2D eigenvalue weighted by Crippen LogP contribution is -2.45. The molecule has 1 aromatic heterocycles. The third-order valence-electron chi connectivity index (χ3n) is 3.84. The predicted molar refractivity (Wildman–Crippen MR) is 70.6 cm³/mol. The van der Waals surface area contributed by atoms with Crippen molar-refractivity contribution < 1.29 is 0 Å². The van der Waals surface area contributed by atoms with E-state index in [1.165, 1.54) is 12.8 Å². The van der Waals surface area contributed by atoms with Crippen LogP contribution in [0.4, 0.5) is 0 Å². The van der Waals surface area contributed by atoms with E-state index < -0.39 is 0 Å². The zero-order chi connectivity index (χ0) is 12.3. The number of piperidine rings is 1. The molecule has 2 heterocycles. The first-order valence-corrected chi connectivity index (χ1v) is 6.59. The summed E-state index contributed by atoms with van der Waals surface area (Å²) in [5.74, 6) is 0.836. The summed E-state index contributed by atoms with van der Waals surface area (Å²) in [7, 11) is 0. The first kappa shape index (κ1) is 12.5. The minimum Gasteiger partial charge on any atom is -0.329 e. The molecule has 3 heteroatoms. The van der Waals surface area contributed by atoms with Gasteiger partial charge in [0.1, 0.15) is 0 Å². The van der Waals surface area contributed by atoms with Gasteiger partial charge in [0.15, 0.2) is 0 Å². The molecule has 0 radical (unpaired) electrons. The second kappa shape index (κ2) is 5.61. The van der Waals surface area contributed by atoms with Gasteiger partial charge in [-0.1, -0.05) is 13.0 Å². The van der Waals surface area contributed by atoms with Gasteiger partial charge >= 0.3 is 0 Å². The Morgan fingerprint density at radius 2 is 2.29 bits per heavy atom. The predicted octanol–water partition coefficient (Wildman–Crippen LogP) is 2.20. The highest BCUT2D eigenvalue weighted by Gasteiger charge is 2.29. The SMILES string of the molecule is CC1CCN(C(CN)c2ccccn2)C(C)C1. The van der Waals surface area contributed by atoms with Crippen LogP contribution in [-0.4, -0.2) is 29.0 Å². The van der Waals surface area contributed by atoms with Crippen LogP contribution in [0.2, 0.25) is 0 Å². The third-order valence-corrected chi connectivity index (χ3v) is 3.84. The molecule has 3 atom stereocenters. The second-order valence-electron chi connectivity index (χ2n) is 5.22. The van der Waals surface area contributed by atoms with Crippen molar-refractivity contribution in [1.29, 1.82) is 0 Å². The summed E-state index contributed by atoms with van der Waals surface area (Å²) in [5, 5.41) is 0. The molecule has 0 aliphatic carbocycles. The van der Waals surface area contributed by atoms with Crippen LogP contribution in [-0.2, 0) is 0 Å². The molecule has 3 nitrogen and oxygen atoms in total. The number of nitrogens with zero attached hydrogens (tertiary/aromatic N) is 2. The van der Waals surface area contributed by atoms with Crippen molar-refractivity contribution in [3.05, 3.63) is 30.1 Å². The average molecular weight is 233 g/mol. The van der Waals surface area contributed by atoms with E-state index >= 15 is 0 Å². The van der Waals surface area contributed by atoms with E-state index in [-0.39, 0.29) is 6.04 Å². The molecule has 1 aliphatic heterocycles. The van der Waals surface area contributed by atoms with Crippen molar-refractivity contribution in [2.45, 2.75) is 38.8 Å². The maximum atomic E-state index is 5.95. The maximum Gasteiger partial charge on any atom is 0.0646 e. The van der Waals surface area contributed by atoms with Gasteiger partial charge in [0.2, 0.25) is 0 Å². The molecule has 2 rings (SSSR count). The Morgan fingerprint density at radius 3 is 2.88 bits per heavy atom. The third kappa shape index (κ3) is 2.85. The molecule has 1 saturated heterocycles. The van der Waals surface area contributed by atoms with Crippen molar-refractivity contribution in [2.75, 3.05) is 13.1 Å². The zero-order valence-corrected chi connectivity index (χ0v) is 10.8. The molecule has 1 aliphatic rings.